The molecular formula is C13H17ClS2. The monoisotopic (exact) mass is 277 g/mol. The smallest absolute Gasteiger partial charge is 0.0860 e. The first-order valence-corrected chi connectivity index (χ1v) is 7.86. The molecule has 3 heteroatoms. The van der Waals surface area contributed by atoms with Gasteiger partial charge in [-0.1, -0.05) is 30.2 Å². The number of benzene rings is 1. The molecular weight excluding hydrogens is 256 g/mol. The minimum absolute atomic E-state index is 0.0718. The van der Waals surface area contributed by atoms with Crippen LogP contribution >= 0.6 is 35.1 Å². The molecule has 0 nitrogen and oxygen atoms in total. The maximum atomic E-state index is 8.20. The lowest BCUT2D eigenvalue weighted by Gasteiger charge is -2.36. The molecule has 0 N–H and O–H groups in total. The lowest BCUT2D eigenvalue weighted by Crippen LogP contribution is -2.22. The van der Waals surface area contributed by atoms with E-state index in [1.807, 2.05) is 0 Å². The van der Waals surface area contributed by atoms with Crippen molar-refractivity contribution in [3.05, 3.63) is 35.8 Å². The second-order valence-electron chi connectivity index (χ2n) is 3.60. The van der Waals surface area contributed by atoms with Gasteiger partial charge < -0.3 is 0 Å². The van der Waals surface area contributed by atoms with Crippen LogP contribution in [0, 0.1) is 0 Å². The predicted octanol–water partition coefficient (Wildman–Crippen LogP) is 4.73. The lowest BCUT2D eigenvalue weighted by atomic mass is 10.1. The van der Waals surface area contributed by atoms with Crippen LogP contribution < -0.4 is 0 Å². The number of alkyl halides is 1. The Morgan fingerprint density at radius 3 is 2.56 bits per heavy atom. The number of halogens is 1. The Labute approximate surface area is 119 Å². The molecule has 0 bridgehead atoms. The summed E-state index contributed by atoms with van der Waals surface area (Å²) in [6.07, 6.45) is 2.57. The highest BCUT2D eigenvalue weighted by Gasteiger charge is 2.34. The summed E-state index contributed by atoms with van der Waals surface area (Å²) in [6, 6.07) is -0.965. The minimum atomic E-state index is -0.472. The van der Waals surface area contributed by atoms with Gasteiger partial charge in [0.2, 0.25) is 0 Å². The molecule has 0 atom stereocenters. The van der Waals surface area contributed by atoms with Gasteiger partial charge in [-0.05, 0) is 36.3 Å². The SMILES string of the molecule is [2H]c1c([2H])c([2H])c(C2(CCCCl)SCCCS2)c([2H])c1[2H]. The number of thioether (sulfide) groups is 2. The molecule has 1 aromatic rings. The van der Waals surface area contributed by atoms with Gasteiger partial charge in [0.05, 0.1) is 10.9 Å². The summed E-state index contributed by atoms with van der Waals surface area (Å²) in [7, 11) is 0. The number of hydrogen-bond donors (Lipinski definition) is 0. The predicted molar refractivity (Wildman–Crippen MR) is 77.6 cm³/mol. The zero-order chi connectivity index (χ0) is 15.6. The van der Waals surface area contributed by atoms with Gasteiger partial charge in [-0.15, -0.1) is 35.1 Å². The molecule has 0 aromatic heterocycles. The summed E-state index contributed by atoms with van der Waals surface area (Å²) in [6.45, 7) is 0. The van der Waals surface area contributed by atoms with Crippen LogP contribution in [0.1, 0.15) is 31.7 Å². The van der Waals surface area contributed by atoms with Crippen LogP contribution in [0.4, 0.5) is 0 Å². The zero-order valence-electron chi connectivity index (χ0n) is 13.9. The highest BCUT2D eigenvalue weighted by atomic mass is 35.5. The van der Waals surface area contributed by atoms with Crippen LogP contribution in [-0.4, -0.2) is 17.4 Å². The number of rotatable bonds is 4. The van der Waals surface area contributed by atoms with Crippen molar-refractivity contribution in [3.8, 4) is 0 Å². The van der Waals surface area contributed by atoms with Crippen molar-refractivity contribution >= 4 is 35.1 Å². The summed E-state index contributed by atoms with van der Waals surface area (Å²) < 4.78 is 39.4. The highest BCUT2D eigenvalue weighted by molar-refractivity contribution is 8.18. The van der Waals surface area contributed by atoms with E-state index in [-0.39, 0.29) is 30.2 Å². The quantitative estimate of drug-likeness (QED) is 0.730. The van der Waals surface area contributed by atoms with E-state index in [2.05, 4.69) is 0 Å². The van der Waals surface area contributed by atoms with E-state index >= 15 is 0 Å². The Morgan fingerprint density at radius 1 is 1.25 bits per heavy atom. The van der Waals surface area contributed by atoms with Crippen molar-refractivity contribution in [2.75, 3.05) is 17.4 Å². The molecule has 0 radical (unpaired) electrons. The van der Waals surface area contributed by atoms with E-state index in [4.69, 9.17) is 18.5 Å². The molecule has 2 rings (SSSR count). The molecule has 1 fully saturated rings. The first-order chi connectivity index (χ1) is 9.94. The van der Waals surface area contributed by atoms with Gasteiger partial charge in [0.1, 0.15) is 0 Å². The Bertz CT molecular complexity index is 503. The molecule has 1 heterocycles. The van der Waals surface area contributed by atoms with Crippen LogP contribution in [0.2, 0.25) is 0 Å². The van der Waals surface area contributed by atoms with E-state index in [9.17, 15) is 0 Å². The molecule has 1 aliphatic rings. The molecule has 16 heavy (non-hydrogen) atoms. The topological polar surface area (TPSA) is 0 Å². The van der Waals surface area contributed by atoms with Crippen LogP contribution in [-0.2, 0) is 4.08 Å². The van der Waals surface area contributed by atoms with Gasteiger partial charge in [0, 0.05) is 5.88 Å². The summed E-state index contributed by atoms with van der Waals surface area (Å²) in [5.74, 6) is 2.40. The summed E-state index contributed by atoms with van der Waals surface area (Å²) >= 11 is 9.20. The van der Waals surface area contributed by atoms with Crippen molar-refractivity contribution < 1.29 is 6.85 Å². The largest absolute Gasteiger partial charge is 0.139 e. The third-order valence-corrected chi connectivity index (χ3v) is 6.19. The van der Waals surface area contributed by atoms with Gasteiger partial charge in [-0.3, -0.25) is 0 Å². The van der Waals surface area contributed by atoms with E-state index in [0.717, 1.165) is 30.8 Å². The number of hydrogen-bond acceptors (Lipinski definition) is 2. The Morgan fingerprint density at radius 2 is 1.94 bits per heavy atom. The van der Waals surface area contributed by atoms with Gasteiger partial charge >= 0.3 is 0 Å². The fraction of sp³-hybridized carbons (Fsp3) is 0.538. The van der Waals surface area contributed by atoms with Crippen molar-refractivity contribution in [2.24, 2.45) is 0 Å². The summed E-state index contributed by atoms with van der Waals surface area (Å²) in [5, 5.41) is 0. The average Bonchev–Trinajstić information content (AvgIpc) is 2.50. The highest BCUT2D eigenvalue weighted by Crippen LogP contribution is 2.53. The van der Waals surface area contributed by atoms with Crippen molar-refractivity contribution in [1.82, 2.24) is 0 Å². The van der Waals surface area contributed by atoms with Crippen molar-refractivity contribution in [2.45, 2.75) is 23.3 Å². The van der Waals surface area contributed by atoms with Crippen LogP contribution in [0.5, 0.6) is 0 Å². The second-order valence-corrected chi connectivity index (χ2v) is 7.02. The minimum Gasteiger partial charge on any atom is -0.139 e. The molecule has 0 aliphatic carbocycles. The van der Waals surface area contributed by atoms with Crippen LogP contribution in [0.15, 0.2) is 30.2 Å². The third-order valence-electron chi connectivity index (χ3n) is 2.48. The van der Waals surface area contributed by atoms with E-state index in [1.165, 1.54) is 0 Å². The second kappa shape index (κ2) is 6.23. The van der Waals surface area contributed by atoms with Gasteiger partial charge in [0.25, 0.3) is 0 Å². The molecule has 0 saturated carbocycles. The Hall–Kier alpha value is 0.210. The van der Waals surface area contributed by atoms with E-state index in [0.29, 0.717) is 11.4 Å². The van der Waals surface area contributed by atoms with Crippen molar-refractivity contribution in [3.63, 3.8) is 0 Å². The molecule has 0 amide bonds. The van der Waals surface area contributed by atoms with Gasteiger partial charge in [-0.25, -0.2) is 0 Å². The van der Waals surface area contributed by atoms with Crippen LogP contribution in [0.3, 0.4) is 0 Å². The third kappa shape index (κ3) is 2.91. The maximum Gasteiger partial charge on any atom is 0.0860 e. The van der Waals surface area contributed by atoms with E-state index in [1.54, 1.807) is 23.5 Å². The van der Waals surface area contributed by atoms with Gasteiger partial charge in [-0.2, -0.15) is 0 Å². The average molecular weight is 278 g/mol. The first-order valence-electron chi connectivity index (χ1n) is 7.86. The molecule has 1 aromatic carbocycles. The van der Waals surface area contributed by atoms with E-state index < -0.39 is 4.08 Å². The molecule has 0 unspecified atom stereocenters. The Balaban J connectivity index is 2.59. The molecule has 88 valence electrons. The fourth-order valence-corrected chi connectivity index (χ4v) is 5.18. The molecule has 1 aliphatic heterocycles. The summed E-state index contributed by atoms with van der Waals surface area (Å²) in [5.41, 5.74) is 0.438. The standard InChI is InChI=1S/C13H17ClS2/c14-9-4-8-13(15-10-5-11-16-13)12-6-2-1-3-7-12/h1-3,6-7H,4-5,8-11H2/i1D,2D,3D,6D,7D. The molecule has 1 saturated heterocycles. The first kappa shape index (κ1) is 7.60. The van der Waals surface area contributed by atoms with Gasteiger partial charge in [0.15, 0.2) is 0 Å². The van der Waals surface area contributed by atoms with Crippen LogP contribution in [0.25, 0.3) is 0 Å². The normalized spacial score (nSPS) is 23.9. The Kier molecular flexibility index (Phi) is 2.96. The van der Waals surface area contributed by atoms with Crippen molar-refractivity contribution in [1.29, 1.82) is 0 Å². The molecule has 0 spiro atoms. The maximum absolute atomic E-state index is 8.20. The summed E-state index contributed by atoms with van der Waals surface area (Å²) in [4.78, 5) is 0. The zero-order valence-corrected chi connectivity index (χ0v) is 11.3. The lowest BCUT2D eigenvalue weighted by molar-refractivity contribution is 0.731. The fourth-order valence-electron chi connectivity index (χ4n) is 1.73.